The van der Waals surface area contributed by atoms with Gasteiger partial charge in [0, 0.05) is 12.1 Å². The molecule has 1 aliphatic rings. The summed E-state index contributed by atoms with van der Waals surface area (Å²) in [5.74, 6) is 0.382. The first-order valence-corrected chi connectivity index (χ1v) is 4.17. The molecule has 0 N–H and O–H groups in total. The molecular formula is C8H9N3S. The van der Waals surface area contributed by atoms with E-state index in [2.05, 4.69) is 35.9 Å². The van der Waals surface area contributed by atoms with Gasteiger partial charge in [-0.1, -0.05) is 13.0 Å². The monoisotopic (exact) mass is 179 g/mol. The summed E-state index contributed by atoms with van der Waals surface area (Å²) in [5, 5.41) is 4.13. The van der Waals surface area contributed by atoms with E-state index in [1.807, 2.05) is 12.3 Å². The zero-order chi connectivity index (χ0) is 8.55. The minimum Gasteiger partial charge on any atom is -0.257 e. The Morgan fingerprint density at radius 2 is 2.42 bits per heavy atom. The molecule has 12 heavy (non-hydrogen) atoms. The smallest absolute Gasteiger partial charge is 0.111 e. The first-order chi connectivity index (χ1) is 5.75. The molecule has 0 aromatic carbocycles. The van der Waals surface area contributed by atoms with Crippen LogP contribution in [0.4, 0.5) is 5.69 Å². The van der Waals surface area contributed by atoms with Crippen molar-refractivity contribution in [2.75, 3.05) is 0 Å². The number of aromatic nitrogens is 2. The number of rotatable bonds is 0. The number of nitrogens with zero attached hydrogens (tertiary/aromatic N) is 3. The van der Waals surface area contributed by atoms with Gasteiger partial charge >= 0.3 is 0 Å². The summed E-state index contributed by atoms with van der Waals surface area (Å²) in [6, 6.07) is 0. The molecule has 1 aromatic heterocycles. The Bertz CT molecular complexity index is 320. The predicted octanol–water partition coefficient (Wildman–Crippen LogP) is 1.94. The van der Waals surface area contributed by atoms with E-state index in [1.165, 1.54) is 4.09 Å². The van der Waals surface area contributed by atoms with Gasteiger partial charge in [-0.3, -0.25) is 4.99 Å². The molecule has 2 rings (SSSR count). The molecule has 3 nitrogen and oxygen atoms in total. The van der Waals surface area contributed by atoms with Crippen molar-refractivity contribution in [2.24, 2.45) is 10.9 Å². The lowest BCUT2D eigenvalue weighted by molar-refractivity contribution is 1.00. The second-order valence-corrected chi connectivity index (χ2v) is 3.23. The third kappa shape index (κ3) is 1.30. The molecule has 0 spiro atoms. The van der Waals surface area contributed by atoms with Gasteiger partial charge in [0.25, 0.3) is 0 Å². The first kappa shape index (κ1) is 7.61. The minimum absolute atomic E-state index is 0.382. The van der Waals surface area contributed by atoms with Crippen LogP contribution in [0.25, 0.3) is 6.08 Å². The molecule has 0 aliphatic carbocycles. The summed E-state index contributed by atoms with van der Waals surface area (Å²) in [5.41, 5.74) is 1.76. The third-order valence-corrected chi connectivity index (χ3v) is 1.92. The van der Waals surface area contributed by atoms with E-state index >= 15 is 0 Å². The molecule has 2 heterocycles. The summed E-state index contributed by atoms with van der Waals surface area (Å²) in [6.07, 6.45) is 7.73. The summed E-state index contributed by atoms with van der Waals surface area (Å²) in [6.45, 7) is 2.08. The Balaban J connectivity index is 2.49. The molecule has 0 fully saturated rings. The molecule has 0 saturated heterocycles. The highest BCUT2D eigenvalue weighted by molar-refractivity contribution is 7.78. The zero-order valence-electron chi connectivity index (χ0n) is 6.68. The van der Waals surface area contributed by atoms with Crippen LogP contribution in [-0.4, -0.2) is 15.4 Å². The highest BCUT2D eigenvalue weighted by Crippen LogP contribution is 2.22. The van der Waals surface area contributed by atoms with Gasteiger partial charge in [0.2, 0.25) is 0 Å². The SMILES string of the molecule is CC1C=Cc2nn(S)cc2N=C1. The van der Waals surface area contributed by atoms with Gasteiger partial charge in [-0.2, -0.15) is 5.10 Å². The number of aliphatic imine (C=N–C) groups is 1. The van der Waals surface area contributed by atoms with Crippen LogP contribution in [0, 0.1) is 5.92 Å². The van der Waals surface area contributed by atoms with Crippen LogP contribution in [-0.2, 0) is 0 Å². The van der Waals surface area contributed by atoms with E-state index in [1.54, 1.807) is 6.20 Å². The highest BCUT2D eigenvalue weighted by atomic mass is 32.1. The topological polar surface area (TPSA) is 30.2 Å². The molecule has 62 valence electrons. The van der Waals surface area contributed by atoms with Crippen molar-refractivity contribution in [3.63, 3.8) is 0 Å². The molecule has 1 aromatic rings. The van der Waals surface area contributed by atoms with Crippen molar-refractivity contribution >= 4 is 30.8 Å². The van der Waals surface area contributed by atoms with Gasteiger partial charge in [-0.05, 0) is 18.9 Å². The Kier molecular flexibility index (Phi) is 1.77. The molecule has 0 saturated carbocycles. The molecule has 1 aliphatic heterocycles. The van der Waals surface area contributed by atoms with Crippen molar-refractivity contribution < 1.29 is 0 Å². The standard InChI is InChI=1S/C8H9N3S/c1-6-2-3-7-8(9-4-6)5-11(12)10-7/h2-6,12H,1H3. The fourth-order valence-corrected chi connectivity index (χ4v) is 1.28. The lowest BCUT2D eigenvalue weighted by Gasteiger charge is -1.90. The fraction of sp³-hybridized carbons (Fsp3) is 0.250. The van der Waals surface area contributed by atoms with Gasteiger partial charge in [-0.25, -0.2) is 4.09 Å². The van der Waals surface area contributed by atoms with Crippen molar-refractivity contribution in [1.29, 1.82) is 0 Å². The van der Waals surface area contributed by atoms with Crippen LogP contribution >= 0.6 is 12.8 Å². The first-order valence-electron chi connectivity index (χ1n) is 3.77. The Hall–Kier alpha value is -1.03. The van der Waals surface area contributed by atoms with Gasteiger partial charge in [-0.15, -0.1) is 0 Å². The quantitative estimate of drug-likeness (QED) is 0.606. The Morgan fingerprint density at radius 3 is 3.25 bits per heavy atom. The van der Waals surface area contributed by atoms with E-state index < -0.39 is 0 Å². The number of hydrogen-bond acceptors (Lipinski definition) is 3. The van der Waals surface area contributed by atoms with Crippen LogP contribution in [0.3, 0.4) is 0 Å². The normalized spacial score (nSPS) is 20.7. The number of allylic oxidation sites excluding steroid dienone is 1. The van der Waals surface area contributed by atoms with Crippen LogP contribution in [0.2, 0.25) is 0 Å². The molecule has 1 unspecified atom stereocenters. The average Bonchev–Trinajstić information content (AvgIpc) is 2.31. The maximum absolute atomic E-state index is 4.27. The van der Waals surface area contributed by atoms with Crippen LogP contribution < -0.4 is 0 Å². The Morgan fingerprint density at radius 1 is 1.58 bits per heavy atom. The minimum atomic E-state index is 0.382. The second kappa shape index (κ2) is 2.79. The van der Waals surface area contributed by atoms with E-state index in [0.29, 0.717) is 5.92 Å². The predicted molar refractivity (Wildman–Crippen MR) is 53.0 cm³/mol. The van der Waals surface area contributed by atoms with Crippen molar-refractivity contribution in [2.45, 2.75) is 6.92 Å². The lowest BCUT2D eigenvalue weighted by Crippen LogP contribution is -1.87. The van der Waals surface area contributed by atoms with Crippen molar-refractivity contribution in [3.8, 4) is 0 Å². The summed E-state index contributed by atoms with van der Waals surface area (Å²) in [4.78, 5) is 4.27. The third-order valence-electron chi connectivity index (χ3n) is 1.72. The van der Waals surface area contributed by atoms with Gasteiger partial charge < -0.3 is 0 Å². The Labute approximate surface area is 76.4 Å². The molecule has 1 atom stereocenters. The van der Waals surface area contributed by atoms with E-state index in [0.717, 1.165) is 11.4 Å². The number of fused-ring (bicyclic) bond motifs is 1. The van der Waals surface area contributed by atoms with Gasteiger partial charge in [0.05, 0.1) is 6.20 Å². The number of hydrogen-bond donors (Lipinski definition) is 1. The zero-order valence-corrected chi connectivity index (χ0v) is 7.57. The largest absolute Gasteiger partial charge is 0.257 e. The van der Waals surface area contributed by atoms with Crippen LogP contribution in [0.1, 0.15) is 12.6 Å². The molecule has 0 bridgehead atoms. The molecule has 0 radical (unpaired) electrons. The average molecular weight is 179 g/mol. The number of thiol groups is 1. The molecular weight excluding hydrogens is 170 g/mol. The second-order valence-electron chi connectivity index (χ2n) is 2.82. The lowest BCUT2D eigenvalue weighted by atomic mass is 10.2. The van der Waals surface area contributed by atoms with Gasteiger partial charge in [0.15, 0.2) is 0 Å². The maximum atomic E-state index is 4.27. The fourth-order valence-electron chi connectivity index (χ4n) is 1.07. The summed E-state index contributed by atoms with van der Waals surface area (Å²) < 4.78 is 1.47. The van der Waals surface area contributed by atoms with Crippen molar-refractivity contribution in [3.05, 3.63) is 18.0 Å². The van der Waals surface area contributed by atoms with Crippen LogP contribution in [0.15, 0.2) is 17.3 Å². The summed E-state index contributed by atoms with van der Waals surface area (Å²) in [7, 11) is 0. The van der Waals surface area contributed by atoms with E-state index in [-0.39, 0.29) is 0 Å². The van der Waals surface area contributed by atoms with E-state index in [4.69, 9.17) is 0 Å². The van der Waals surface area contributed by atoms with Crippen LogP contribution in [0.5, 0.6) is 0 Å². The highest BCUT2D eigenvalue weighted by Gasteiger charge is 2.06. The maximum Gasteiger partial charge on any atom is 0.111 e. The van der Waals surface area contributed by atoms with E-state index in [9.17, 15) is 0 Å². The molecule has 4 heteroatoms. The van der Waals surface area contributed by atoms with Crippen molar-refractivity contribution in [1.82, 2.24) is 9.19 Å². The summed E-state index contributed by atoms with van der Waals surface area (Å²) >= 11 is 4.07. The van der Waals surface area contributed by atoms with Gasteiger partial charge in [0.1, 0.15) is 11.4 Å². The molecule has 0 amide bonds.